The molecule has 0 radical (unpaired) electrons. The number of rotatable bonds is 2. The van der Waals surface area contributed by atoms with Gasteiger partial charge in [0.1, 0.15) is 6.04 Å². The van der Waals surface area contributed by atoms with E-state index in [0.29, 0.717) is 27.3 Å². The number of cyclic esters (lactones) is 2. The molecule has 5 aromatic rings. The van der Waals surface area contributed by atoms with Crippen LogP contribution in [-0.2, 0) is 9.53 Å². The molecule has 1 N–H and O–H groups in total. The first-order valence-electron chi connectivity index (χ1n) is 10.9. The maximum Gasteiger partial charge on any atom is 0.346 e. The predicted octanol–water partition coefficient (Wildman–Crippen LogP) is 4.12. The third kappa shape index (κ3) is 2.19. The molecule has 1 atom stereocenters. The Morgan fingerprint density at radius 3 is 1.43 bits per heavy atom. The maximum atomic E-state index is 13.3. The number of hydrogen-bond donors (Lipinski definition) is 1. The average molecular weight is 463 g/mol. The van der Waals surface area contributed by atoms with Gasteiger partial charge in [-0.2, -0.15) is 0 Å². The van der Waals surface area contributed by atoms with E-state index in [2.05, 4.69) is 0 Å². The first kappa shape index (κ1) is 19.6. The van der Waals surface area contributed by atoms with E-state index in [4.69, 9.17) is 4.74 Å². The van der Waals surface area contributed by atoms with E-state index < -0.39 is 35.8 Å². The Balaban J connectivity index is 1.66. The van der Waals surface area contributed by atoms with Crippen molar-refractivity contribution >= 4 is 72.8 Å². The van der Waals surface area contributed by atoms with Gasteiger partial charge in [-0.3, -0.25) is 14.5 Å². The summed E-state index contributed by atoms with van der Waals surface area (Å²) < 4.78 is 4.89. The Kier molecular flexibility index (Phi) is 3.46. The van der Waals surface area contributed by atoms with Gasteiger partial charge in [0.05, 0.1) is 11.1 Å². The summed E-state index contributed by atoms with van der Waals surface area (Å²) in [4.78, 5) is 63.8. The van der Waals surface area contributed by atoms with Gasteiger partial charge in [-0.15, -0.1) is 0 Å². The summed E-state index contributed by atoms with van der Waals surface area (Å²) in [6, 6.07) is 12.2. The van der Waals surface area contributed by atoms with Crippen LogP contribution < -0.4 is 0 Å². The maximum absolute atomic E-state index is 13.3. The Hall–Kier alpha value is -4.85. The number of carbonyl (C=O) groups excluding carboxylic acids is 4. The minimum atomic E-state index is -1.32. The molecule has 8 heteroatoms. The first-order valence-corrected chi connectivity index (χ1v) is 10.9. The fourth-order valence-electron chi connectivity index (χ4n) is 5.59. The van der Waals surface area contributed by atoms with Gasteiger partial charge in [0.25, 0.3) is 11.8 Å². The molecular weight excluding hydrogens is 450 g/mol. The highest BCUT2D eigenvalue weighted by atomic mass is 16.6. The largest absolute Gasteiger partial charge is 0.480 e. The van der Waals surface area contributed by atoms with Crippen LogP contribution in [0.15, 0.2) is 48.5 Å². The van der Waals surface area contributed by atoms with Crippen molar-refractivity contribution in [2.24, 2.45) is 0 Å². The molecule has 0 aliphatic carbocycles. The van der Waals surface area contributed by atoms with E-state index in [0.717, 1.165) is 31.8 Å². The number of aliphatic carboxylic acids is 1. The molecular formula is C27H13NO7. The number of fused-ring (bicyclic) bond motifs is 2. The van der Waals surface area contributed by atoms with Crippen molar-refractivity contribution in [3.05, 3.63) is 70.8 Å². The van der Waals surface area contributed by atoms with Crippen molar-refractivity contribution in [2.45, 2.75) is 13.0 Å². The van der Waals surface area contributed by atoms with Crippen LogP contribution in [0.2, 0.25) is 0 Å². The number of hydrogen-bond acceptors (Lipinski definition) is 6. The lowest BCUT2D eigenvalue weighted by Crippen LogP contribution is -2.49. The van der Waals surface area contributed by atoms with E-state index in [1.54, 1.807) is 48.5 Å². The van der Waals surface area contributed by atoms with Gasteiger partial charge in [-0.05, 0) is 63.5 Å². The minimum Gasteiger partial charge on any atom is -0.480 e. The molecule has 8 nitrogen and oxygen atoms in total. The van der Waals surface area contributed by atoms with Crippen LogP contribution in [0.25, 0.3) is 43.1 Å². The molecule has 168 valence electrons. The lowest BCUT2D eigenvalue weighted by molar-refractivity contribution is -0.141. The summed E-state index contributed by atoms with van der Waals surface area (Å²) in [5.74, 6) is -4.00. The zero-order valence-corrected chi connectivity index (χ0v) is 18.0. The second-order valence-electron chi connectivity index (χ2n) is 8.81. The van der Waals surface area contributed by atoms with Crippen molar-refractivity contribution < 1.29 is 33.8 Å². The fourth-order valence-corrected chi connectivity index (χ4v) is 5.59. The van der Waals surface area contributed by atoms with Crippen LogP contribution in [0, 0.1) is 0 Å². The number of nitrogens with zero attached hydrogens (tertiary/aromatic N) is 1. The number of benzene rings is 5. The van der Waals surface area contributed by atoms with E-state index in [1.807, 2.05) is 0 Å². The van der Waals surface area contributed by atoms with Crippen LogP contribution in [0.3, 0.4) is 0 Å². The van der Waals surface area contributed by atoms with Crippen molar-refractivity contribution in [1.82, 2.24) is 4.90 Å². The molecule has 0 spiro atoms. The van der Waals surface area contributed by atoms with Crippen molar-refractivity contribution in [2.75, 3.05) is 0 Å². The third-order valence-corrected chi connectivity index (χ3v) is 7.17. The molecule has 1 unspecified atom stereocenters. The van der Waals surface area contributed by atoms with Gasteiger partial charge in [0.2, 0.25) is 0 Å². The highest BCUT2D eigenvalue weighted by molar-refractivity contribution is 6.40. The summed E-state index contributed by atoms with van der Waals surface area (Å²) >= 11 is 0. The summed E-state index contributed by atoms with van der Waals surface area (Å²) in [6.07, 6.45) is 0. The minimum absolute atomic E-state index is 0.251. The second-order valence-corrected chi connectivity index (χ2v) is 8.81. The Morgan fingerprint density at radius 1 is 0.657 bits per heavy atom. The molecule has 0 fully saturated rings. The molecule has 7 rings (SSSR count). The number of esters is 2. The van der Waals surface area contributed by atoms with E-state index >= 15 is 0 Å². The fraction of sp³-hybridized carbons (Fsp3) is 0.0741. The highest BCUT2D eigenvalue weighted by Crippen LogP contribution is 2.46. The molecule has 0 saturated carbocycles. The second kappa shape index (κ2) is 6.18. The highest BCUT2D eigenvalue weighted by Gasteiger charge is 2.39. The van der Waals surface area contributed by atoms with Crippen LogP contribution in [0.1, 0.15) is 48.4 Å². The van der Waals surface area contributed by atoms with Crippen LogP contribution in [0.4, 0.5) is 0 Å². The number of imide groups is 1. The summed E-state index contributed by atoms with van der Waals surface area (Å²) in [7, 11) is 0. The molecule has 35 heavy (non-hydrogen) atoms. The number of amides is 2. The van der Waals surface area contributed by atoms with Gasteiger partial charge in [0, 0.05) is 21.9 Å². The van der Waals surface area contributed by atoms with Crippen LogP contribution >= 0.6 is 0 Å². The molecule has 0 aromatic heterocycles. The predicted molar refractivity (Wildman–Crippen MR) is 125 cm³/mol. The molecule has 0 bridgehead atoms. The van der Waals surface area contributed by atoms with Gasteiger partial charge < -0.3 is 9.84 Å². The smallest absolute Gasteiger partial charge is 0.346 e. The Bertz CT molecular complexity index is 1780. The normalized spacial score (nSPS) is 16.1. The van der Waals surface area contributed by atoms with Gasteiger partial charge in [-0.25, -0.2) is 14.4 Å². The molecule has 2 amide bonds. The summed E-state index contributed by atoms with van der Waals surface area (Å²) in [5, 5.41) is 14.9. The summed E-state index contributed by atoms with van der Waals surface area (Å²) in [6.45, 7) is 1.30. The van der Waals surface area contributed by atoms with Crippen molar-refractivity contribution in [3.8, 4) is 0 Å². The van der Waals surface area contributed by atoms with Crippen LogP contribution in [0.5, 0.6) is 0 Å². The van der Waals surface area contributed by atoms with Gasteiger partial charge in [-0.1, -0.05) is 24.3 Å². The van der Waals surface area contributed by atoms with Gasteiger partial charge in [0.15, 0.2) is 0 Å². The number of carbonyl (C=O) groups is 5. The third-order valence-electron chi connectivity index (χ3n) is 7.17. The lowest BCUT2D eigenvalue weighted by Gasteiger charge is -2.30. The molecule has 2 aliphatic heterocycles. The average Bonchev–Trinajstić information content (AvgIpc) is 2.84. The lowest BCUT2D eigenvalue weighted by atomic mass is 9.82. The molecule has 0 saturated heterocycles. The van der Waals surface area contributed by atoms with Crippen LogP contribution in [-0.4, -0.2) is 45.8 Å². The monoisotopic (exact) mass is 463 g/mol. The Morgan fingerprint density at radius 2 is 1.03 bits per heavy atom. The SMILES string of the molecule is CC(C(=O)O)N1C(=O)c2ccc3c4ccc5c6c(ccc(c7ccc(c2c37)C1=O)c64)C(=O)OC5=O. The zero-order chi connectivity index (χ0) is 24.3. The van der Waals surface area contributed by atoms with E-state index in [1.165, 1.54) is 6.92 Å². The Labute approximate surface area is 195 Å². The molecule has 5 aromatic carbocycles. The standard InChI is InChI=1S/C27H13NO7/c1-10(25(31)32)28-23(29)15-6-2-11-13-4-8-17-22-18(27(34)35-26(17)33)9-5-14(20(13)22)12-3-7-16(24(28)30)21(15)19(11)12/h2-10H,1H3,(H,31,32). The first-order chi connectivity index (χ1) is 16.8. The number of carboxylic acids is 1. The number of carboxylic acid groups (broad SMARTS) is 1. The molecule has 2 heterocycles. The topological polar surface area (TPSA) is 118 Å². The summed E-state index contributed by atoms with van der Waals surface area (Å²) in [5.41, 5.74) is 1.11. The van der Waals surface area contributed by atoms with Crippen molar-refractivity contribution in [1.29, 1.82) is 0 Å². The zero-order valence-electron chi connectivity index (χ0n) is 18.0. The number of ether oxygens (including phenoxy) is 1. The van der Waals surface area contributed by atoms with E-state index in [9.17, 15) is 29.1 Å². The quantitative estimate of drug-likeness (QED) is 0.138. The van der Waals surface area contributed by atoms with Crippen molar-refractivity contribution in [3.63, 3.8) is 0 Å². The molecule has 2 aliphatic rings. The van der Waals surface area contributed by atoms with Gasteiger partial charge >= 0.3 is 17.9 Å². The van der Waals surface area contributed by atoms with E-state index in [-0.39, 0.29) is 11.1 Å².